The molecule has 0 saturated heterocycles. The number of hydrogen-bond donors (Lipinski definition) is 2. The number of carbonyl (C=O) groups is 1. The molecule has 0 bridgehead atoms. The number of aromatic nitrogens is 4. The van der Waals surface area contributed by atoms with E-state index < -0.39 is 16.1 Å². The second-order valence-electron chi connectivity index (χ2n) is 7.83. The van der Waals surface area contributed by atoms with Crippen LogP contribution in [0.4, 0.5) is 5.69 Å². The van der Waals surface area contributed by atoms with Gasteiger partial charge in [0.1, 0.15) is 5.69 Å². The summed E-state index contributed by atoms with van der Waals surface area (Å²) in [6, 6.07) is 2.70. The van der Waals surface area contributed by atoms with Gasteiger partial charge in [-0.15, -0.1) is 11.3 Å². The quantitative estimate of drug-likeness (QED) is 0.369. The van der Waals surface area contributed by atoms with Gasteiger partial charge < -0.3 is 14.8 Å². The van der Waals surface area contributed by atoms with Gasteiger partial charge in [0, 0.05) is 26.1 Å². The first kappa shape index (κ1) is 24.9. The molecule has 186 valence electrons. The van der Waals surface area contributed by atoms with E-state index in [4.69, 9.17) is 9.47 Å². The second kappa shape index (κ2) is 11.1. The number of anilines is 1. The van der Waals surface area contributed by atoms with Crippen LogP contribution in [0.15, 0.2) is 36.9 Å². The maximum absolute atomic E-state index is 13.0. The van der Waals surface area contributed by atoms with Crippen molar-refractivity contribution >= 4 is 33.0 Å². The summed E-state index contributed by atoms with van der Waals surface area (Å²) in [5.41, 5.74) is 1.47. The maximum atomic E-state index is 13.0. The van der Waals surface area contributed by atoms with Gasteiger partial charge >= 0.3 is 0 Å². The van der Waals surface area contributed by atoms with Crippen LogP contribution in [0.2, 0.25) is 0 Å². The number of nitrogens with zero attached hydrogens (tertiary/aromatic N) is 4. The molecule has 3 heterocycles. The van der Waals surface area contributed by atoms with Crippen LogP contribution in [-0.4, -0.2) is 59.8 Å². The number of rotatable bonds is 12. The van der Waals surface area contributed by atoms with Crippen LogP contribution in [0, 0.1) is 0 Å². The van der Waals surface area contributed by atoms with Crippen LogP contribution in [0.5, 0.6) is 5.88 Å². The first-order valence-electron chi connectivity index (χ1n) is 11.1. The predicted octanol–water partition coefficient (Wildman–Crippen LogP) is 2.81. The summed E-state index contributed by atoms with van der Waals surface area (Å²) in [5, 5.41) is 2.84. The van der Waals surface area contributed by atoms with Gasteiger partial charge in [-0.05, 0) is 38.3 Å². The molecule has 2 N–H and O–H groups in total. The molecule has 0 radical (unpaired) electrons. The lowest BCUT2D eigenvalue weighted by Gasteiger charge is -2.18. The second-order valence-corrected chi connectivity index (χ2v) is 10.8. The van der Waals surface area contributed by atoms with Crippen LogP contribution >= 0.6 is 11.3 Å². The number of sulfonamides is 1. The highest BCUT2D eigenvalue weighted by atomic mass is 32.2. The third-order valence-electron chi connectivity index (χ3n) is 5.13. The Morgan fingerprint density at radius 2 is 2.09 bits per heavy atom. The minimum Gasteiger partial charge on any atom is -0.477 e. The molecule has 1 amide bonds. The summed E-state index contributed by atoms with van der Waals surface area (Å²) in [7, 11) is -1.85. The molecule has 0 unspecified atom stereocenters. The zero-order valence-corrected chi connectivity index (χ0v) is 20.9. The minimum absolute atomic E-state index is 0.247. The molecular weight excluding hydrogens is 492 g/mol. The van der Waals surface area contributed by atoms with Gasteiger partial charge in [-0.2, -0.15) is 0 Å². The van der Waals surface area contributed by atoms with Crippen molar-refractivity contribution in [2.24, 2.45) is 0 Å². The van der Waals surface area contributed by atoms with Gasteiger partial charge in [0.15, 0.2) is 5.01 Å². The Kier molecular flexibility index (Phi) is 7.88. The van der Waals surface area contributed by atoms with Gasteiger partial charge in [-0.25, -0.2) is 18.4 Å². The Bertz CT molecular complexity index is 1280. The molecule has 35 heavy (non-hydrogen) atoms. The molecule has 11 nitrogen and oxygen atoms in total. The van der Waals surface area contributed by atoms with Crippen molar-refractivity contribution in [3.05, 3.63) is 47.6 Å². The van der Waals surface area contributed by atoms with Crippen LogP contribution in [-0.2, 0) is 14.8 Å². The van der Waals surface area contributed by atoms with E-state index in [1.807, 2.05) is 6.92 Å². The summed E-state index contributed by atoms with van der Waals surface area (Å²) in [6.45, 7) is 2.69. The number of hydrogen-bond acceptors (Lipinski definition) is 10. The Hall–Kier alpha value is -3.16. The minimum atomic E-state index is -3.41. The first-order chi connectivity index (χ1) is 16.9. The van der Waals surface area contributed by atoms with E-state index in [1.165, 1.54) is 23.7 Å². The standard InChI is InChI=1S/C22H26N6O5S2/c1-3-33-20-13-23-11-18(26-20)19-12-25-22(34-19)21(29)27-16(7-9-32-2)17-10-14(6-8-24-17)28-35(30,31)15-4-5-15/h6,8,10-13,15-16H,3-5,7,9H2,1-2H3,(H,24,28)(H,27,29)/t16-/m0/s1. The summed E-state index contributed by atoms with van der Waals surface area (Å²) < 4.78 is 37.8. The molecule has 1 fully saturated rings. The fourth-order valence-corrected chi connectivity index (χ4v) is 5.41. The number of ether oxygens (including phenoxy) is 2. The van der Waals surface area contributed by atoms with Crippen molar-refractivity contribution in [2.45, 2.75) is 37.5 Å². The van der Waals surface area contributed by atoms with E-state index >= 15 is 0 Å². The summed E-state index contributed by atoms with van der Waals surface area (Å²) in [6.07, 6.45) is 7.94. The fraction of sp³-hybridized carbons (Fsp3) is 0.409. The molecule has 0 aliphatic heterocycles. The van der Waals surface area contributed by atoms with Crippen molar-refractivity contribution in [2.75, 3.05) is 25.0 Å². The van der Waals surface area contributed by atoms with Gasteiger partial charge in [-0.1, -0.05) is 0 Å². The first-order valence-corrected chi connectivity index (χ1v) is 13.4. The topological polar surface area (TPSA) is 145 Å². The fourth-order valence-electron chi connectivity index (χ4n) is 3.26. The number of thiazole rings is 1. The third-order valence-corrected chi connectivity index (χ3v) is 8.02. The molecule has 13 heteroatoms. The largest absolute Gasteiger partial charge is 0.477 e. The number of nitrogens with one attached hydrogen (secondary N) is 2. The van der Waals surface area contributed by atoms with Crippen molar-refractivity contribution in [3.8, 4) is 16.5 Å². The highest BCUT2D eigenvalue weighted by molar-refractivity contribution is 7.93. The number of carbonyl (C=O) groups excluding carboxylic acids is 1. The van der Waals surface area contributed by atoms with E-state index in [0.29, 0.717) is 60.3 Å². The Balaban J connectivity index is 1.50. The van der Waals surface area contributed by atoms with Gasteiger partial charge in [0.05, 0.1) is 46.6 Å². The van der Waals surface area contributed by atoms with Gasteiger partial charge in [-0.3, -0.25) is 19.5 Å². The molecule has 1 aliphatic carbocycles. The number of amides is 1. The lowest BCUT2D eigenvalue weighted by molar-refractivity contribution is 0.0923. The van der Waals surface area contributed by atoms with Crippen molar-refractivity contribution in [3.63, 3.8) is 0 Å². The Morgan fingerprint density at radius 1 is 1.26 bits per heavy atom. The van der Waals surface area contributed by atoms with Crippen LogP contribution in [0.25, 0.3) is 10.6 Å². The molecule has 0 spiro atoms. The molecule has 3 aromatic heterocycles. The SMILES string of the molecule is CCOc1cncc(-c2cnc(C(=O)N[C@@H](CCOC)c3cc(NS(=O)(=O)C4CC4)ccn3)s2)n1. The molecule has 0 aromatic carbocycles. The lowest BCUT2D eigenvalue weighted by atomic mass is 10.1. The highest BCUT2D eigenvalue weighted by Gasteiger charge is 2.35. The van der Waals surface area contributed by atoms with Crippen molar-refractivity contribution in [1.82, 2.24) is 25.3 Å². The number of methoxy groups -OCH3 is 1. The predicted molar refractivity (Wildman–Crippen MR) is 131 cm³/mol. The van der Waals surface area contributed by atoms with Crippen LogP contribution in [0.3, 0.4) is 0 Å². The van der Waals surface area contributed by atoms with E-state index in [0.717, 1.165) is 0 Å². The Labute approximate surface area is 207 Å². The average molecular weight is 519 g/mol. The van der Waals surface area contributed by atoms with Crippen LogP contribution < -0.4 is 14.8 Å². The Morgan fingerprint density at radius 3 is 2.83 bits per heavy atom. The monoisotopic (exact) mass is 518 g/mol. The van der Waals surface area contributed by atoms with Crippen LogP contribution in [0.1, 0.15) is 47.7 Å². The van der Waals surface area contributed by atoms with E-state index in [9.17, 15) is 13.2 Å². The zero-order valence-electron chi connectivity index (χ0n) is 19.3. The smallest absolute Gasteiger partial charge is 0.280 e. The molecule has 1 aliphatic rings. The zero-order chi connectivity index (χ0) is 24.8. The normalized spacial score (nSPS) is 14.3. The third kappa shape index (κ3) is 6.50. The lowest BCUT2D eigenvalue weighted by Crippen LogP contribution is -2.30. The molecular formula is C22H26N6O5S2. The maximum Gasteiger partial charge on any atom is 0.280 e. The van der Waals surface area contributed by atoms with Crippen molar-refractivity contribution in [1.29, 1.82) is 0 Å². The van der Waals surface area contributed by atoms with Crippen molar-refractivity contribution < 1.29 is 22.7 Å². The average Bonchev–Trinajstić information content (AvgIpc) is 3.60. The molecule has 1 atom stereocenters. The highest BCUT2D eigenvalue weighted by Crippen LogP contribution is 2.30. The summed E-state index contributed by atoms with van der Waals surface area (Å²) in [5.74, 6) is 0.00864. The summed E-state index contributed by atoms with van der Waals surface area (Å²) in [4.78, 5) is 30.8. The van der Waals surface area contributed by atoms with E-state index in [-0.39, 0.29) is 16.2 Å². The molecule has 4 rings (SSSR count). The van der Waals surface area contributed by atoms with E-state index in [1.54, 1.807) is 31.6 Å². The van der Waals surface area contributed by atoms with Gasteiger partial charge in [0.2, 0.25) is 15.9 Å². The number of pyridine rings is 1. The summed E-state index contributed by atoms with van der Waals surface area (Å²) >= 11 is 1.18. The molecule has 3 aromatic rings. The van der Waals surface area contributed by atoms with Gasteiger partial charge in [0.25, 0.3) is 5.91 Å². The van der Waals surface area contributed by atoms with E-state index in [2.05, 4.69) is 30.0 Å². The molecule has 1 saturated carbocycles.